The summed E-state index contributed by atoms with van der Waals surface area (Å²) in [4.78, 5) is 12.1. The number of nitrogens with zero attached hydrogens (tertiary/aromatic N) is 1. The van der Waals surface area contributed by atoms with Gasteiger partial charge in [0, 0.05) is 37.0 Å². The molecule has 1 aliphatic carbocycles. The Bertz CT molecular complexity index is 603. The van der Waals surface area contributed by atoms with E-state index in [0.29, 0.717) is 36.2 Å². The van der Waals surface area contributed by atoms with E-state index in [9.17, 15) is 4.79 Å². The van der Waals surface area contributed by atoms with Crippen LogP contribution in [0.2, 0.25) is 0 Å². The van der Waals surface area contributed by atoms with Gasteiger partial charge in [-0.05, 0) is 25.3 Å². The van der Waals surface area contributed by atoms with Crippen molar-refractivity contribution in [2.75, 3.05) is 11.9 Å². The SMILES string of the molecule is C=C(Nc1c(C=N)ccc(=O)n1CCCO)NC1CCCCC1. The number of aliphatic hydroxyl groups is 1. The van der Waals surface area contributed by atoms with E-state index in [-0.39, 0.29) is 12.2 Å². The minimum Gasteiger partial charge on any atom is -0.396 e. The van der Waals surface area contributed by atoms with Gasteiger partial charge in [0.1, 0.15) is 5.82 Å². The fraction of sp³-hybridized carbons (Fsp3) is 0.529. The molecular formula is C17H26N4O2. The van der Waals surface area contributed by atoms with Gasteiger partial charge in [0.25, 0.3) is 5.56 Å². The second-order valence-corrected chi connectivity index (χ2v) is 5.93. The third-order valence-corrected chi connectivity index (χ3v) is 4.16. The summed E-state index contributed by atoms with van der Waals surface area (Å²) in [5.74, 6) is 1.19. The predicted molar refractivity (Wildman–Crippen MR) is 93.1 cm³/mol. The summed E-state index contributed by atoms with van der Waals surface area (Å²) in [6.45, 7) is 4.42. The first-order valence-corrected chi connectivity index (χ1v) is 8.23. The smallest absolute Gasteiger partial charge is 0.252 e. The second kappa shape index (κ2) is 8.53. The van der Waals surface area contributed by atoms with Crippen molar-refractivity contribution in [2.24, 2.45) is 0 Å². The predicted octanol–water partition coefficient (Wildman–Crippen LogP) is 2.03. The molecule has 6 nitrogen and oxygen atoms in total. The monoisotopic (exact) mass is 318 g/mol. The molecule has 0 aliphatic heterocycles. The van der Waals surface area contributed by atoms with Crippen LogP contribution in [0.3, 0.4) is 0 Å². The largest absolute Gasteiger partial charge is 0.396 e. The lowest BCUT2D eigenvalue weighted by Crippen LogP contribution is -2.34. The Morgan fingerprint density at radius 1 is 1.39 bits per heavy atom. The van der Waals surface area contributed by atoms with Crippen molar-refractivity contribution in [2.45, 2.75) is 51.1 Å². The van der Waals surface area contributed by atoms with Gasteiger partial charge in [-0.25, -0.2) is 0 Å². The summed E-state index contributed by atoms with van der Waals surface area (Å²) in [5.41, 5.74) is 0.464. The van der Waals surface area contributed by atoms with E-state index in [4.69, 9.17) is 10.5 Å². The highest BCUT2D eigenvalue weighted by atomic mass is 16.3. The van der Waals surface area contributed by atoms with Crippen molar-refractivity contribution in [3.05, 3.63) is 40.4 Å². The van der Waals surface area contributed by atoms with Crippen LogP contribution < -0.4 is 16.2 Å². The Morgan fingerprint density at radius 2 is 2.13 bits per heavy atom. The maximum absolute atomic E-state index is 12.1. The zero-order valence-electron chi connectivity index (χ0n) is 13.5. The minimum absolute atomic E-state index is 0.0158. The summed E-state index contributed by atoms with van der Waals surface area (Å²) < 4.78 is 1.55. The summed E-state index contributed by atoms with van der Waals surface area (Å²) in [7, 11) is 0. The molecule has 0 radical (unpaired) electrons. The summed E-state index contributed by atoms with van der Waals surface area (Å²) in [6.07, 6.45) is 7.69. The van der Waals surface area contributed by atoms with Crippen LogP contribution in [0.4, 0.5) is 5.82 Å². The first-order chi connectivity index (χ1) is 11.2. The number of aromatic nitrogens is 1. The molecule has 0 atom stereocenters. The molecule has 6 heteroatoms. The molecule has 0 amide bonds. The van der Waals surface area contributed by atoms with Gasteiger partial charge >= 0.3 is 0 Å². The number of hydrogen-bond donors (Lipinski definition) is 4. The number of anilines is 1. The number of pyridine rings is 1. The van der Waals surface area contributed by atoms with Gasteiger partial charge < -0.3 is 21.1 Å². The van der Waals surface area contributed by atoms with Crippen molar-refractivity contribution in [3.63, 3.8) is 0 Å². The number of aliphatic hydroxyl groups excluding tert-OH is 1. The van der Waals surface area contributed by atoms with E-state index < -0.39 is 0 Å². The minimum atomic E-state index is -0.156. The van der Waals surface area contributed by atoms with Crippen molar-refractivity contribution >= 4 is 12.0 Å². The van der Waals surface area contributed by atoms with Gasteiger partial charge in [0.15, 0.2) is 0 Å². The molecule has 1 aromatic heterocycles. The molecule has 23 heavy (non-hydrogen) atoms. The maximum Gasteiger partial charge on any atom is 0.252 e. The van der Waals surface area contributed by atoms with Crippen LogP contribution in [-0.4, -0.2) is 28.5 Å². The Kier molecular flexibility index (Phi) is 6.40. The molecule has 0 unspecified atom stereocenters. The second-order valence-electron chi connectivity index (χ2n) is 5.93. The highest BCUT2D eigenvalue weighted by Crippen LogP contribution is 2.19. The van der Waals surface area contributed by atoms with Crippen LogP contribution in [0.25, 0.3) is 0 Å². The normalized spacial score (nSPS) is 15.2. The molecule has 0 bridgehead atoms. The third kappa shape index (κ3) is 4.69. The van der Waals surface area contributed by atoms with Crippen LogP contribution in [0.1, 0.15) is 44.1 Å². The molecule has 4 N–H and O–H groups in total. The van der Waals surface area contributed by atoms with Crippen molar-refractivity contribution < 1.29 is 5.11 Å². The molecule has 126 valence electrons. The van der Waals surface area contributed by atoms with Crippen LogP contribution in [0, 0.1) is 5.41 Å². The fourth-order valence-corrected chi connectivity index (χ4v) is 2.98. The van der Waals surface area contributed by atoms with Gasteiger partial charge in [0.05, 0.1) is 5.82 Å². The molecule has 2 rings (SSSR count). The van der Waals surface area contributed by atoms with E-state index >= 15 is 0 Å². The summed E-state index contributed by atoms with van der Waals surface area (Å²) in [6, 6.07) is 3.48. The van der Waals surface area contributed by atoms with Gasteiger partial charge in [-0.1, -0.05) is 25.8 Å². The van der Waals surface area contributed by atoms with Crippen molar-refractivity contribution in [3.8, 4) is 0 Å². The number of rotatable bonds is 8. The molecule has 1 heterocycles. The van der Waals surface area contributed by atoms with Gasteiger partial charge in [-0.15, -0.1) is 0 Å². The van der Waals surface area contributed by atoms with Gasteiger partial charge in [-0.2, -0.15) is 0 Å². The lowest BCUT2D eigenvalue weighted by Gasteiger charge is -2.26. The zero-order valence-corrected chi connectivity index (χ0v) is 13.5. The molecule has 0 aromatic carbocycles. The van der Waals surface area contributed by atoms with Crippen molar-refractivity contribution in [1.82, 2.24) is 9.88 Å². The van der Waals surface area contributed by atoms with E-state index in [0.717, 1.165) is 12.8 Å². The summed E-state index contributed by atoms with van der Waals surface area (Å²) in [5, 5.41) is 23.1. The first kappa shape index (κ1) is 17.3. The molecule has 1 saturated carbocycles. The van der Waals surface area contributed by atoms with Crippen molar-refractivity contribution in [1.29, 1.82) is 5.41 Å². The lowest BCUT2D eigenvalue weighted by atomic mass is 9.96. The zero-order chi connectivity index (χ0) is 16.7. The molecule has 0 saturated heterocycles. The Labute approximate surface area is 136 Å². The first-order valence-electron chi connectivity index (χ1n) is 8.23. The van der Waals surface area contributed by atoms with Crippen LogP contribution >= 0.6 is 0 Å². The van der Waals surface area contributed by atoms with Crippen LogP contribution in [-0.2, 0) is 6.54 Å². The maximum atomic E-state index is 12.1. The Balaban J connectivity index is 2.15. The van der Waals surface area contributed by atoms with Gasteiger partial charge in [0.2, 0.25) is 0 Å². The summed E-state index contributed by atoms with van der Waals surface area (Å²) >= 11 is 0. The topological polar surface area (TPSA) is 90.1 Å². The van der Waals surface area contributed by atoms with Crippen LogP contribution in [0.15, 0.2) is 29.3 Å². The van der Waals surface area contributed by atoms with Gasteiger partial charge in [-0.3, -0.25) is 9.36 Å². The molecule has 1 aliphatic rings. The average Bonchev–Trinajstić information content (AvgIpc) is 2.55. The fourth-order valence-electron chi connectivity index (χ4n) is 2.98. The van der Waals surface area contributed by atoms with E-state index in [1.807, 2.05) is 0 Å². The quantitative estimate of drug-likeness (QED) is 0.552. The number of hydrogen-bond acceptors (Lipinski definition) is 5. The molecule has 1 fully saturated rings. The Hall–Kier alpha value is -2.08. The molecular weight excluding hydrogens is 292 g/mol. The average molecular weight is 318 g/mol. The molecule has 0 spiro atoms. The standard InChI is InChI=1S/C17H26N4O2/c1-13(19-15-6-3-2-4-7-15)20-17-14(12-18)8-9-16(23)21(17)10-5-11-22/h8-9,12,15,18-20,22H,1-7,10-11H2. The van der Waals surface area contributed by atoms with E-state index in [1.165, 1.54) is 31.5 Å². The van der Waals surface area contributed by atoms with E-state index in [2.05, 4.69) is 17.2 Å². The third-order valence-electron chi connectivity index (χ3n) is 4.16. The van der Waals surface area contributed by atoms with Crippen LogP contribution in [0.5, 0.6) is 0 Å². The lowest BCUT2D eigenvalue weighted by molar-refractivity contribution is 0.279. The Morgan fingerprint density at radius 3 is 2.78 bits per heavy atom. The highest BCUT2D eigenvalue weighted by molar-refractivity contribution is 5.84. The molecule has 1 aromatic rings. The number of nitrogens with one attached hydrogen (secondary N) is 3. The highest BCUT2D eigenvalue weighted by Gasteiger charge is 2.15. The van der Waals surface area contributed by atoms with E-state index in [1.54, 1.807) is 10.6 Å².